The molecule has 0 atom stereocenters. The Balaban J connectivity index is 2.04. The molecule has 0 aliphatic rings. The van der Waals surface area contributed by atoms with Gasteiger partial charge in [0.1, 0.15) is 0 Å². The fraction of sp³-hybridized carbons (Fsp3) is 0.417. The Bertz CT molecular complexity index is 464. The molecule has 0 aliphatic carbocycles. The second-order valence-corrected chi connectivity index (χ2v) is 4.75. The van der Waals surface area contributed by atoms with Crippen LogP contribution in [0.2, 0.25) is 0 Å². The van der Waals surface area contributed by atoms with Gasteiger partial charge >= 0.3 is 0 Å². The van der Waals surface area contributed by atoms with Crippen molar-refractivity contribution < 1.29 is 0 Å². The highest BCUT2D eigenvalue weighted by Gasteiger charge is 2.00. The maximum atomic E-state index is 4.23. The molecule has 1 aromatic heterocycles. The van der Waals surface area contributed by atoms with Crippen LogP contribution in [0.3, 0.4) is 0 Å². The number of benzene rings is 1. The number of aromatic nitrogens is 2. The summed E-state index contributed by atoms with van der Waals surface area (Å²) in [5.41, 5.74) is 2.32. The molecule has 0 spiro atoms. The lowest BCUT2D eigenvalue weighted by molar-refractivity contribution is 0.797. The fourth-order valence-corrected chi connectivity index (χ4v) is 2.39. The number of nitrogens with one attached hydrogen (secondary N) is 1. The number of fused-ring (bicyclic) bond motifs is 1. The highest BCUT2D eigenvalue weighted by Crippen LogP contribution is 2.20. The van der Waals surface area contributed by atoms with Gasteiger partial charge in [-0.15, -0.1) is 0 Å². The van der Waals surface area contributed by atoms with Gasteiger partial charge in [-0.05, 0) is 24.6 Å². The number of anilines is 1. The van der Waals surface area contributed by atoms with Crippen molar-refractivity contribution in [1.29, 1.82) is 0 Å². The van der Waals surface area contributed by atoms with Gasteiger partial charge in [-0.1, -0.05) is 25.3 Å². The molecule has 0 amide bonds. The van der Waals surface area contributed by atoms with Gasteiger partial charge in [-0.25, -0.2) is 0 Å². The minimum absolute atomic E-state index is 1.15. The van der Waals surface area contributed by atoms with Gasteiger partial charge in [0.05, 0.1) is 11.7 Å². The molecule has 4 heteroatoms. The summed E-state index contributed by atoms with van der Waals surface area (Å²) in [5.74, 6) is 1.15. The summed E-state index contributed by atoms with van der Waals surface area (Å²) in [7, 11) is 1.97. The molecule has 0 unspecified atom stereocenters. The van der Waals surface area contributed by atoms with E-state index < -0.39 is 0 Å². The van der Waals surface area contributed by atoms with Gasteiger partial charge in [0, 0.05) is 23.9 Å². The van der Waals surface area contributed by atoms with E-state index in [0.29, 0.717) is 0 Å². The van der Waals surface area contributed by atoms with Gasteiger partial charge in [0.2, 0.25) is 0 Å². The minimum Gasteiger partial charge on any atom is -0.330 e. The Labute approximate surface area is 100 Å². The summed E-state index contributed by atoms with van der Waals surface area (Å²) < 4.78 is 5.26. The molecule has 16 heavy (non-hydrogen) atoms. The van der Waals surface area contributed by atoms with Crippen LogP contribution in [0.25, 0.3) is 10.9 Å². The number of unbranched alkanes of at least 4 members (excludes halogenated alkanes) is 1. The van der Waals surface area contributed by atoms with E-state index in [4.69, 9.17) is 0 Å². The second kappa shape index (κ2) is 5.25. The molecule has 0 fully saturated rings. The fourth-order valence-electron chi connectivity index (χ4n) is 1.56. The van der Waals surface area contributed by atoms with E-state index >= 15 is 0 Å². The molecule has 0 bridgehead atoms. The Hall–Kier alpha value is -1.16. The van der Waals surface area contributed by atoms with Gasteiger partial charge in [-0.2, -0.15) is 5.10 Å². The Morgan fingerprint density at radius 2 is 2.31 bits per heavy atom. The summed E-state index contributed by atoms with van der Waals surface area (Å²) in [6.45, 7) is 2.21. The molecular formula is C12H17N3S. The molecule has 0 saturated carbocycles. The molecular weight excluding hydrogens is 218 g/mol. The van der Waals surface area contributed by atoms with Crippen molar-refractivity contribution in [3.63, 3.8) is 0 Å². The molecule has 3 nitrogen and oxygen atoms in total. The van der Waals surface area contributed by atoms with Crippen molar-refractivity contribution in [3.05, 3.63) is 24.4 Å². The van der Waals surface area contributed by atoms with Crippen LogP contribution in [0.1, 0.15) is 19.8 Å². The lowest BCUT2D eigenvalue weighted by Crippen LogP contribution is -1.92. The molecule has 1 aromatic carbocycles. The van der Waals surface area contributed by atoms with Gasteiger partial charge < -0.3 is 4.72 Å². The zero-order chi connectivity index (χ0) is 11.4. The van der Waals surface area contributed by atoms with Crippen LogP contribution in [0.4, 0.5) is 5.69 Å². The average molecular weight is 235 g/mol. The van der Waals surface area contributed by atoms with Crippen LogP contribution in [0, 0.1) is 0 Å². The second-order valence-electron chi connectivity index (χ2n) is 3.85. The molecule has 2 aromatic rings. The van der Waals surface area contributed by atoms with E-state index in [1.54, 1.807) is 11.9 Å². The molecule has 0 aliphatic heterocycles. The van der Waals surface area contributed by atoms with Gasteiger partial charge in [0.15, 0.2) is 0 Å². The maximum Gasteiger partial charge on any atom is 0.0699 e. The third kappa shape index (κ3) is 2.50. The third-order valence-electron chi connectivity index (χ3n) is 2.54. The summed E-state index contributed by atoms with van der Waals surface area (Å²) in [6, 6.07) is 6.34. The summed E-state index contributed by atoms with van der Waals surface area (Å²) in [4.78, 5) is 0. The SMILES string of the molecule is CCCCSNc1ccc2cnn(C)c2c1. The molecule has 2 rings (SSSR count). The summed E-state index contributed by atoms with van der Waals surface area (Å²) >= 11 is 1.77. The van der Waals surface area contributed by atoms with E-state index in [1.165, 1.54) is 23.7 Å². The molecule has 1 heterocycles. The van der Waals surface area contributed by atoms with E-state index in [2.05, 4.69) is 34.9 Å². The van der Waals surface area contributed by atoms with Gasteiger partial charge in [0.25, 0.3) is 0 Å². The lowest BCUT2D eigenvalue weighted by atomic mass is 10.2. The smallest absolute Gasteiger partial charge is 0.0699 e. The van der Waals surface area contributed by atoms with Crippen LogP contribution in [-0.2, 0) is 7.05 Å². The first-order valence-corrected chi connectivity index (χ1v) is 6.59. The van der Waals surface area contributed by atoms with Crippen molar-refractivity contribution >= 4 is 28.5 Å². The van der Waals surface area contributed by atoms with E-state index in [9.17, 15) is 0 Å². The first kappa shape index (κ1) is 11.3. The minimum atomic E-state index is 1.15. The van der Waals surface area contributed by atoms with Crippen molar-refractivity contribution in [2.75, 3.05) is 10.5 Å². The Morgan fingerprint density at radius 3 is 3.12 bits per heavy atom. The zero-order valence-electron chi connectivity index (χ0n) is 9.73. The van der Waals surface area contributed by atoms with Gasteiger partial charge in [-0.3, -0.25) is 4.68 Å². The number of hydrogen-bond acceptors (Lipinski definition) is 3. The van der Waals surface area contributed by atoms with Crippen LogP contribution < -0.4 is 4.72 Å². The van der Waals surface area contributed by atoms with Crippen LogP contribution >= 0.6 is 11.9 Å². The Morgan fingerprint density at radius 1 is 1.44 bits per heavy atom. The van der Waals surface area contributed by atoms with E-state index in [-0.39, 0.29) is 0 Å². The van der Waals surface area contributed by atoms with Crippen molar-refractivity contribution in [2.45, 2.75) is 19.8 Å². The monoisotopic (exact) mass is 235 g/mol. The summed E-state index contributed by atoms with van der Waals surface area (Å²) in [6.07, 6.45) is 4.39. The summed E-state index contributed by atoms with van der Waals surface area (Å²) in [5, 5.41) is 5.42. The van der Waals surface area contributed by atoms with Crippen molar-refractivity contribution in [1.82, 2.24) is 9.78 Å². The number of rotatable bonds is 5. The predicted octanol–water partition coefficient (Wildman–Crippen LogP) is 3.43. The van der Waals surface area contributed by atoms with Crippen LogP contribution in [0.15, 0.2) is 24.4 Å². The topological polar surface area (TPSA) is 29.9 Å². The number of nitrogens with zero attached hydrogens (tertiary/aromatic N) is 2. The number of aryl methyl sites for hydroxylation is 1. The normalized spacial score (nSPS) is 10.9. The molecule has 1 N–H and O–H groups in total. The highest BCUT2D eigenvalue weighted by molar-refractivity contribution is 8.00. The maximum absolute atomic E-state index is 4.23. The highest BCUT2D eigenvalue weighted by atomic mass is 32.2. The van der Waals surface area contributed by atoms with Crippen LogP contribution in [0.5, 0.6) is 0 Å². The molecule has 0 radical (unpaired) electrons. The van der Waals surface area contributed by atoms with Crippen LogP contribution in [-0.4, -0.2) is 15.5 Å². The largest absolute Gasteiger partial charge is 0.330 e. The zero-order valence-corrected chi connectivity index (χ0v) is 10.5. The Kier molecular flexibility index (Phi) is 3.72. The standard InChI is InChI=1S/C12H17N3S/c1-3-4-7-16-14-11-6-5-10-9-13-15(2)12(10)8-11/h5-6,8-9,14H,3-4,7H2,1-2H3. The molecule has 0 saturated heterocycles. The quantitative estimate of drug-likeness (QED) is 0.636. The van der Waals surface area contributed by atoms with Crippen molar-refractivity contribution in [3.8, 4) is 0 Å². The van der Waals surface area contributed by atoms with E-state index in [1.807, 2.05) is 17.9 Å². The lowest BCUT2D eigenvalue weighted by Gasteiger charge is -2.05. The third-order valence-corrected chi connectivity index (χ3v) is 3.41. The first-order valence-electron chi connectivity index (χ1n) is 5.61. The van der Waals surface area contributed by atoms with E-state index in [0.717, 1.165) is 11.4 Å². The van der Waals surface area contributed by atoms with Crippen molar-refractivity contribution in [2.24, 2.45) is 7.05 Å². The predicted molar refractivity (Wildman–Crippen MR) is 71.7 cm³/mol. The molecule has 86 valence electrons. The first-order chi connectivity index (χ1) is 7.81. The number of hydrogen-bond donors (Lipinski definition) is 1. The average Bonchev–Trinajstić information content (AvgIpc) is 2.67.